The average Bonchev–Trinajstić information content (AvgIpc) is 2.40. The van der Waals surface area contributed by atoms with Gasteiger partial charge in [-0.05, 0) is 19.3 Å². The number of rotatable bonds is 6. The lowest BCUT2D eigenvalue weighted by atomic mass is 9.98. The monoisotopic (exact) mass is 264 g/mol. The van der Waals surface area contributed by atoms with E-state index in [-0.39, 0.29) is 17.9 Å². The second-order valence-electron chi connectivity index (χ2n) is 4.99. The molecule has 3 atom stereocenters. The third kappa shape index (κ3) is 3.28. The predicted octanol–water partition coefficient (Wildman–Crippen LogP) is 1.69. The summed E-state index contributed by atoms with van der Waals surface area (Å²) in [4.78, 5) is 26.3. The first kappa shape index (κ1) is 15.6. The van der Waals surface area contributed by atoms with Crippen molar-refractivity contribution in [2.24, 2.45) is 0 Å². The third-order valence-corrected chi connectivity index (χ3v) is 3.56. The van der Waals surface area contributed by atoms with E-state index in [0.29, 0.717) is 12.8 Å². The molecule has 3 unspecified atom stereocenters. The standard InChI is InChI=1S/C15H24N2O2/c1-5-9-11(7-3)17-13(8-4)14(18)16-12(10-6-2)15(17)19/h3,11-13H,5-6,8-10H2,1-2,4H3,(H,16,18). The van der Waals surface area contributed by atoms with Crippen LogP contribution in [0.5, 0.6) is 0 Å². The van der Waals surface area contributed by atoms with Gasteiger partial charge in [-0.15, -0.1) is 6.42 Å². The van der Waals surface area contributed by atoms with Crippen molar-refractivity contribution in [2.45, 2.75) is 71.0 Å². The molecule has 19 heavy (non-hydrogen) atoms. The molecule has 1 rings (SSSR count). The average molecular weight is 264 g/mol. The van der Waals surface area contributed by atoms with Gasteiger partial charge >= 0.3 is 0 Å². The minimum atomic E-state index is -0.423. The van der Waals surface area contributed by atoms with Crippen LogP contribution in [0.3, 0.4) is 0 Å². The molecule has 4 heteroatoms. The number of nitrogens with one attached hydrogen (secondary N) is 1. The maximum Gasteiger partial charge on any atom is 0.246 e. The minimum Gasteiger partial charge on any atom is -0.343 e. The maximum atomic E-state index is 12.5. The molecule has 1 aliphatic rings. The number of hydrogen-bond acceptors (Lipinski definition) is 2. The van der Waals surface area contributed by atoms with Crippen LogP contribution in [0.1, 0.15) is 52.9 Å². The summed E-state index contributed by atoms with van der Waals surface area (Å²) in [5, 5.41) is 2.82. The highest BCUT2D eigenvalue weighted by Crippen LogP contribution is 2.20. The molecular formula is C15H24N2O2. The third-order valence-electron chi connectivity index (χ3n) is 3.56. The van der Waals surface area contributed by atoms with Crippen LogP contribution in [-0.4, -0.2) is 34.8 Å². The van der Waals surface area contributed by atoms with Gasteiger partial charge in [-0.2, -0.15) is 0 Å². The van der Waals surface area contributed by atoms with Crippen LogP contribution in [0.2, 0.25) is 0 Å². The lowest BCUT2D eigenvalue weighted by molar-refractivity contribution is -0.151. The fourth-order valence-corrected chi connectivity index (χ4v) is 2.60. The van der Waals surface area contributed by atoms with Gasteiger partial charge < -0.3 is 10.2 Å². The molecule has 1 fully saturated rings. The Morgan fingerprint density at radius 1 is 1.32 bits per heavy atom. The van der Waals surface area contributed by atoms with Crippen LogP contribution < -0.4 is 5.32 Å². The van der Waals surface area contributed by atoms with Crippen LogP contribution in [-0.2, 0) is 9.59 Å². The molecular weight excluding hydrogens is 240 g/mol. The van der Waals surface area contributed by atoms with E-state index in [1.807, 2.05) is 20.8 Å². The number of piperazine rings is 1. The summed E-state index contributed by atoms with van der Waals surface area (Å²) >= 11 is 0. The molecule has 1 saturated heterocycles. The molecule has 0 radical (unpaired) electrons. The molecule has 0 aromatic rings. The normalized spacial score (nSPS) is 24.8. The first-order valence-corrected chi connectivity index (χ1v) is 7.19. The zero-order valence-electron chi connectivity index (χ0n) is 12.1. The molecule has 0 bridgehead atoms. The lowest BCUT2D eigenvalue weighted by Crippen LogP contribution is -2.65. The van der Waals surface area contributed by atoms with Crippen molar-refractivity contribution in [1.29, 1.82) is 0 Å². The van der Waals surface area contributed by atoms with Crippen molar-refractivity contribution in [3.8, 4) is 12.3 Å². The van der Waals surface area contributed by atoms with E-state index in [9.17, 15) is 9.59 Å². The fraction of sp³-hybridized carbons (Fsp3) is 0.733. The topological polar surface area (TPSA) is 49.4 Å². The summed E-state index contributed by atoms with van der Waals surface area (Å²) in [5.41, 5.74) is 0. The Bertz CT molecular complexity index is 373. The van der Waals surface area contributed by atoms with E-state index >= 15 is 0 Å². The van der Waals surface area contributed by atoms with Gasteiger partial charge in [0, 0.05) is 0 Å². The molecule has 2 amide bonds. The molecule has 1 N–H and O–H groups in total. The Labute approximate surface area is 115 Å². The van der Waals surface area contributed by atoms with Gasteiger partial charge in [0.1, 0.15) is 12.1 Å². The Kier molecular flexibility index (Phi) is 5.88. The van der Waals surface area contributed by atoms with Crippen LogP contribution in [0.25, 0.3) is 0 Å². The van der Waals surface area contributed by atoms with Gasteiger partial charge in [0.2, 0.25) is 11.8 Å². The van der Waals surface area contributed by atoms with E-state index < -0.39 is 12.1 Å². The Hall–Kier alpha value is -1.50. The van der Waals surface area contributed by atoms with E-state index in [0.717, 1.165) is 19.3 Å². The maximum absolute atomic E-state index is 12.5. The molecule has 0 aliphatic carbocycles. The predicted molar refractivity (Wildman–Crippen MR) is 75.3 cm³/mol. The first-order chi connectivity index (χ1) is 9.10. The first-order valence-electron chi connectivity index (χ1n) is 7.19. The highest BCUT2D eigenvalue weighted by Gasteiger charge is 2.41. The highest BCUT2D eigenvalue weighted by atomic mass is 16.2. The Morgan fingerprint density at radius 2 is 2.00 bits per heavy atom. The SMILES string of the molecule is C#CC(CCC)N1C(=O)C(CCC)NC(=O)C1CC. The lowest BCUT2D eigenvalue weighted by Gasteiger charge is -2.41. The number of carbonyl (C=O) groups is 2. The van der Waals surface area contributed by atoms with Crippen molar-refractivity contribution in [2.75, 3.05) is 0 Å². The molecule has 0 saturated carbocycles. The zero-order chi connectivity index (χ0) is 14.4. The van der Waals surface area contributed by atoms with E-state index in [1.165, 1.54) is 0 Å². The van der Waals surface area contributed by atoms with E-state index in [4.69, 9.17) is 6.42 Å². The Morgan fingerprint density at radius 3 is 2.47 bits per heavy atom. The van der Waals surface area contributed by atoms with Crippen molar-refractivity contribution in [3.63, 3.8) is 0 Å². The number of amides is 2. The smallest absolute Gasteiger partial charge is 0.246 e. The quantitative estimate of drug-likeness (QED) is 0.742. The van der Waals surface area contributed by atoms with Gasteiger partial charge in [-0.3, -0.25) is 9.59 Å². The summed E-state index contributed by atoms with van der Waals surface area (Å²) in [6.45, 7) is 5.94. The second-order valence-corrected chi connectivity index (χ2v) is 4.99. The molecule has 1 aliphatic heterocycles. The number of carbonyl (C=O) groups excluding carboxylic acids is 2. The Balaban J connectivity index is 3.01. The number of nitrogens with zero attached hydrogens (tertiary/aromatic N) is 1. The summed E-state index contributed by atoms with van der Waals surface area (Å²) in [6.07, 6.45) is 9.32. The van der Waals surface area contributed by atoms with Gasteiger partial charge in [0.05, 0.1) is 6.04 Å². The zero-order valence-corrected chi connectivity index (χ0v) is 12.1. The van der Waals surface area contributed by atoms with Gasteiger partial charge in [-0.25, -0.2) is 0 Å². The number of hydrogen-bond donors (Lipinski definition) is 1. The van der Waals surface area contributed by atoms with Crippen molar-refractivity contribution >= 4 is 11.8 Å². The summed E-state index contributed by atoms with van der Waals surface area (Å²) < 4.78 is 0. The molecule has 0 spiro atoms. The molecule has 0 aromatic heterocycles. The van der Waals surface area contributed by atoms with Gasteiger partial charge in [-0.1, -0.05) is 39.5 Å². The summed E-state index contributed by atoms with van der Waals surface area (Å²) in [7, 11) is 0. The molecule has 1 heterocycles. The fourth-order valence-electron chi connectivity index (χ4n) is 2.60. The highest BCUT2D eigenvalue weighted by molar-refractivity contribution is 5.97. The van der Waals surface area contributed by atoms with Crippen LogP contribution in [0.15, 0.2) is 0 Å². The van der Waals surface area contributed by atoms with Crippen LogP contribution in [0, 0.1) is 12.3 Å². The van der Waals surface area contributed by atoms with Gasteiger partial charge in [0.15, 0.2) is 0 Å². The van der Waals surface area contributed by atoms with Crippen LogP contribution >= 0.6 is 0 Å². The van der Waals surface area contributed by atoms with E-state index in [1.54, 1.807) is 4.90 Å². The molecule has 0 aromatic carbocycles. The summed E-state index contributed by atoms with van der Waals surface area (Å²) in [6, 6.07) is -1.10. The van der Waals surface area contributed by atoms with E-state index in [2.05, 4.69) is 11.2 Å². The van der Waals surface area contributed by atoms with Crippen LogP contribution in [0.4, 0.5) is 0 Å². The molecule has 4 nitrogen and oxygen atoms in total. The minimum absolute atomic E-state index is 0.0234. The number of terminal acetylenes is 1. The largest absolute Gasteiger partial charge is 0.343 e. The summed E-state index contributed by atoms with van der Waals surface area (Å²) in [5.74, 6) is 2.58. The second kappa shape index (κ2) is 7.18. The van der Waals surface area contributed by atoms with Crippen molar-refractivity contribution in [3.05, 3.63) is 0 Å². The van der Waals surface area contributed by atoms with Crippen molar-refractivity contribution < 1.29 is 9.59 Å². The van der Waals surface area contributed by atoms with Gasteiger partial charge in [0.25, 0.3) is 0 Å². The van der Waals surface area contributed by atoms with Crippen molar-refractivity contribution in [1.82, 2.24) is 10.2 Å². The molecule has 106 valence electrons.